The molecule has 0 aliphatic rings. The van der Waals surface area contributed by atoms with E-state index in [1.165, 1.54) is 12.1 Å². The summed E-state index contributed by atoms with van der Waals surface area (Å²) in [7, 11) is 0. The van der Waals surface area contributed by atoms with Gasteiger partial charge in [0.1, 0.15) is 11.6 Å². The first-order chi connectivity index (χ1) is 10.9. The van der Waals surface area contributed by atoms with E-state index in [1.54, 1.807) is 6.07 Å². The van der Waals surface area contributed by atoms with Crippen LogP contribution in [0, 0.1) is 11.6 Å². The van der Waals surface area contributed by atoms with Crippen molar-refractivity contribution in [1.82, 2.24) is 5.32 Å². The van der Waals surface area contributed by atoms with Gasteiger partial charge in [-0.25, -0.2) is 13.6 Å². The first-order valence-electron chi connectivity index (χ1n) is 6.49. The van der Waals surface area contributed by atoms with E-state index < -0.39 is 23.8 Å². The zero-order chi connectivity index (χ0) is 17.0. The lowest BCUT2D eigenvalue weighted by Gasteiger charge is -2.14. The Bertz CT molecular complexity index is 729. The van der Waals surface area contributed by atoms with E-state index in [1.807, 2.05) is 0 Å². The monoisotopic (exact) mass is 360 g/mol. The lowest BCUT2D eigenvalue weighted by atomic mass is 10.1. The van der Waals surface area contributed by atoms with Gasteiger partial charge < -0.3 is 15.7 Å². The second kappa shape index (κ2) is 7.59. The number of aliphatic hydroxyl groups excluding tert-OH is 1. The number of aliphatic hydroxyl groups is 1. The number of rotatable bonds is 4. The van der Waals surface area contributed by atoms with E-state index in [4.69, 9.17) is 23.2 Å². The molecule has 2 amide bonds. The van der Waals surface area contributed by atoms with Gasteiger partial charge in [0, 0.05) is 23.2 Å². The van der Waals surface area contributed by atoms with Gasteiger partial charge in [-0.1, -0.05) is 29.3 Å². The highest BCUT2D eigenvalue weighted by atomic mass is 35.5. The van der Waals surface area contributed by atoms with Crippen LogP contribution in [0.15, 0.2) is 36.4 Å². The van der Waals surface area contributed by atoms with Gasteiger partial charge in [-0.15, -0.1) is 0 Å². The topological polar surface area (TPSA) is 61.4 Å². The standard InChI is InChI=1S/C15H12Cl2F2N2O2/c16-8-1-4-11(17)13(5-8)21-15(23)20-7-14(22)10-3-2-9(18)6-12(10)19/h1-6,14,22H,7H2,(H2,20,21,23). The van der Waals surface area contributed by atoms with Crippen molar-refractivity contribution in [2.75, 3.05) is 11.9 Å². The van der Waals surface area contributed by atoms with Crippen LogP contribution in [0.5, 0.6) is 0 Å². The molecule has 0 saturated heterocycles. The number of nitrogens with one attached hydrogen (secondary N) is 2. The molecule has 0 bridgehead atoms. The second-order valence-electron chi connectivity index (χ2n) is 4.64. The number of anilines is 1. The van der Waals surface area contributed by atoms with Crippen LogP contribution in [-0.2, 0) is 0 Å². The van der Waals surface area contributed by atoms with Crippen molar-refractivity contribution in [3.8, 4) is 0 Å². The molecule has 1 unspecified atom stereocenters. The molecule has 8 heteroatoms. The van der Waals surface area contributed by atoms with Crippen molar-refractivity contribution in [1.29, 1.82) is 0 Å². The van der Waals surface area contributed by atoms with Gasteiger partial charge in [0.15, 0.2) is 0 Å². The summed E-state index contributed by atoms with van der Waals surface area (Å²) in [5.74, 6) is -1.64. The van der Waals surface area contributed by atoms with Crippen molar-refractivity contribution in [2.45, 2.75) is 6.10 Å². The molecular formula is C15H12Cl2F2N2O2. The largest absolute Gasteiger partial charge is 0.386 e. The van der Waals surface area contributed by atoms with Crippen LogP contribution < -0.4 is 10.6 Å². The van der Waals surface area contributed by atoms with Gasteiger partial charge >= 0.3 is 6.03 Å². The minimum atomic E-state index is -1.32. The maximum atomic E-state index is 13.5. The predicted molar refractivity (Wildman–Crippen MR) is 84.8 cm³/mol. The molecule has 0 saturated carbocycles. The molecule has 2 aromatic rings. The average molecular weight is 361 g/mol. The summed E-state index contributed by atoms with van der Waals surface area (Å²) >= 11 is 11.7. The molecule has 2 aromatic carbocycles. The number of carbonyl (C=O) groups excluding carboxylic acids is 1. The zero-order valence-electron chi connectivity index (χ0n) is 11.6. The van der Waals surface area contributed by atoms with Gasteiger partial charge in [-0.05, 0) is 24.3 Å². The summed E-state index contributed by atoms with van der Waals surface area (Å²) < 4.78 is 26.3. The minimum Gasteiger partial charge on any atom is -0.386 e. The molecule has 3 N–H and O–H groups in total. The molecule has 0 heterocycles. The third-order valence-electron chi connectivity index (χ3n) is 2.95. The lowest BCUT2D eigenvalue weighted by molar-refractivity contribution is 0.170. The minimum absolute atomic E-state index is 0.118. The molecule has 2 rings (SSSR count). The number of benzene rings is 2. The fraction of sp³-hybridized carbons (Fsp3) is 0.133. The molecule has 0 radical (unpaired) electrons. The molecule has 122 valence electrons. The first kappa shape index (κ1) is 17.5. The molecule has 0 aliphatic carbocycles. The average Bonchev–Trinajstić information content (AvgIpc) is 2.48. The summed E-state index contributed by atoms with van der Waals surface area (Å²) in [5.41, 5.74) is 0.173. The summed E-state index contributed by atoms with van der Waals surface area (Å²) in [4.78, 5) is 11.8. The third kappa shape index (κ3) is 4.79. The Morgan fingerprint density at radius 3 is 2.61 bits per heavy atom. The third-order valence-corrected chi connectivity index (χ3v) is 3.52. The summed E-state index contributed by atoms with van der Waals surface area (Å²) in [5, 5.41) is 15.3. The molecule has 0 aliphatic heterocycles. The van der Waals surface area contributed by atoms with Crippen molar-refractivity contribution >= 4 is 34.9 Å². The van der Waals surface area contributed by atoms with E-state index in [0.717, 1.165) is 12.1 Å². The Morgan fingerprint density at radius 1 is 1.17 bits per heavy atom. The summed E-state index contributed by atoms with van der Waals surface area (Å²) in [6.45, 7) is -0.271. The molecule has 1 atom stereocenters. The van der Waals surface area contributed by atoms with Gasteiger partial charge in [0.2, 0.25) is 0 Å². The van der Waals surface area contributed by atoms with Crippen molar-refractivity contribution in [3.63, 3.8) is 0 Å². The number of hydrogen-bond acceptors (Lipinski definition) is 2. The van der Waals surface area contributed by atoms with Crippen LogP contribution in [-0.4, -0.2) is 17.7 Å². The fourth-order valence-electron chi connectivity index (χ4n) is 1.83. The maximum Gasteiger partial charge on any atom is 0.319 e. The molecule has 0 fully saturated rings. The van der Waals surface area contributed by atoms with Crippen LogP contribution in [0.3, 0.4) is 0 Å². The van der Waals surface area contributed by atoms with E-state index in [2.05, 4.69) is 10.6 Å². The SMILES string of the molecule is O=C(NCC(O)c1ccc(F)cc1F)Nc1cc(Cl)ccc1Cl. The van der Waals surface area contributed by atoms with Crippen molar-refractivity contribution < 1.29 is 18.7 Å². The summed E-state index contributed by atoms with van der Waals surface area (Å²) in [6.07, 6.45) is -1.32. The van der Waals surface area contributed by atoms with Crippen molar-refractivity contribution in [3.05, 3.63) is 63.6 Å². The Hall–Kier alpha value is -1.89. The number of carbonyl (C=O) groups is 1. The molecule has 0 aromatic heterocycles. The smallest absolute Gasteiger partial charge is 0.319 e. The van der Waals surface area contributed by atoms with Crippen LogP contribution in [0.25, 0.3) is 0 Å². The van der Waals surface area contributed by atoms with Crippen LogP contribution >= 0.6 is 23.2 Å². The van der Waals surface area contributed by atoms with Crippen LogP contribution in [0.2, 0.25) is 10.0 Å². The maximum absolute atomic E-state index is 13.5. The Kier molecular flexibility index (Phi) is 5.76. The Labute approximate surface area is 141 Å². The second-order valence-corrected chi connectivity index (χ2v) is 5.48. The van der Waals surface area contributed by atoms with Gasteiger partial charge in [0.05, 0.1) is 16.8 Å². The quantitative estimate of drug-likeness (QED) is 0.767. The van der Waals surface area contributed by atoms with Gasteiger partial charge in [-0.2, -0.15) is 0 Å². The highest BCUT2D eigenvalue weighted by Crippen LogP contribution is 2.25. The van der Waals surface area contributed by atoms with Crippen LogP contribution in [0.1, 0.15) is 11.7 Å². The molecule has 4 nitrogen and oxygen atoms in total. The number of hydrogen-bond donors (Lipinski definition) is 3. The van der Waals surface area contributed by atoms with E-state index >= 15 is 0 Å². The van der Waals surface area contributed by atoms with Crippen LogP contribution in [0.4, 0.5) is 19.3 Å². The fourth-order valence-corrected chi connectivity index (χ4v) is 2.17. The number of urea groups is 1. The van der Waals surface area contributed by atoms with Crippen molar-refractivity contribution in [2.24, 2.45) is 0 Å². The van der Waals surface area contributed by atoms with Gasteiger partial charge in [0.25, 0.3) is 0 Å². The van der Waals surface area contributed by atoms with E-state index in [0.29, 0.717) is 16.8 Å². The number of halogens is 4. The number of amides is 2. The summed E-state index contributed by atoms with van der Waals surface area (Å²) in [6, 6.07) is 6.67. The molecule has 0 spiro atoms. The lowest BCUT2D eigenvalue weighted by Crippen LogP contribution is -2.32. The Morgan fingerprint density at radius 2 is 1.91 bits per heavy atom. The normalized spacial score (nSPS) is 11.9. The molecule has 23 heavy (non-hydrogen) atoms. The predicted octanol–water partition coefficient (Wildman–Crippen LogP) is 4.13. The Balaban J connectivity index is 1.94. The van der Waals surface area contributed by atoms with E-state index in [-0.39, 0.29) is 17.1 Å². The van der Waals surface area contributed by atoms with E-state index in [9.17, 15) is 18.7 Å². The highest BCUT2D eigenvalue weighted by molar-refractivity contribution is 6.35. The highest BCUT2D eigenvalue weighted by Gasteiger charge is 2.15. The first-order valence-corrected chi connectivity index (χ1v) is 7.25. The molecular weight excluding hydrogens is 349 g/mol. The zero-order valence-corrected chi connectivity index (χ0v) is 13.1. The van der Waals surface area contributed by atoms with Gasteiger partial charge in [-0.3, -0.25) is 0 Å².